The van der Waals surface area contributed by atoms with Gasteiger partial charge < -0.3 is 19.3 Å². The molecular formula is C28H37N5O3. The summed E-state index contributed by atoms with van der Waals surface area (Å²) in [4.78, 5) is 30.6. The molecule has 2 aromatic rings. The fourth-order valence-corrected chi connectivity index (χ4v) is 5.21. The lowest BCUT2D eigenvalue weighted by atomic mass is 9.86. The Bertz CT molecular complexity index is 1030. The Balaban J connectivity index is 1.06. The van der Waals surface area contributed by atoms with Gasteiger partial charge in [0.25, 0.3) is 0 Å². The predicted octanol–water partition coefficient (Wildman–Crippen LogP) is 3.77. The molecule has 1 aliphatic carbocycles. The Labute approximate surface area is 213 Å². The first kappa shape index (κ1) is 24.7. The van der Waals surface area contributed by atoms with Crippen LogP contribution in [0.5, 0.6) is 5.88 Å². The average molecular weight is 492 g/mol. The predicted molar refractivity (Wildman–Crippen MR) is 139 cm³/mol. The van der Waals surface area contributed by atoms with Gasteiger partial charge in [-0.05, 0) is 67.2 Å². The third-order valence-corrected chi connectivity index (χ3v) is 7.65. The number of hydrogen-bond donors (Lipinski definition) is 0. The fourth-order valence-electron chi connectivity index (χ4n) is 5.21. The minimum absolute atomic E-state index is 0.0936. The van der Waals surface area contributed by atoms with E-state index in [1.165, 1.54) is 11.1 Å². The third-order valence-electron chi connectivity index (χ3n) is 7.65. The molecule has 0 aromatic carbocycles. The van der Waals surface area contributed by atoms with E-state index in [1.54, 1.807) is 0 Å². The molecule has 2 saturated heterocycles. The van der Waals surface area contributed by atoms with Crippen molar-refractivity contribution in [1.29, 1.82) is 0 Å². The number of carbonyl (C=O) groups is 1. The van der Waals surface area contributed by atoms with Gasteiger partial charge in [-0.2, -0.15) is 0 Å². The maximum atomic E-state index is 12.8. The molecule has 4 heterocycles. The van der Waals surface area contributed by atoms with Crippen LogP contribution in [0.1, 0.15) is 50.2 Å². The lowest BCUT2D eigenvalue weighted by Crippen LogP contribution is -2.44. The first-order chi connectivity index (χ1) is 17.7. The van der Waals surface area contributed by atoms with Crippen LogP contribution >= 0.6 is 0 Å². The van der Waals surface area contributed by atoms with E-state index in [9.17, 15) is 4.79 Å². The van der Waals surface area contributed by atoms with Crippen LogP contribution in [0.4, 0.5) is 5.95 Å². The second-order valence-corrected chi connectivity index (χ2v) is 10.0. The minimum Gasteiger partial charge on any atom is -0.477 e. The number of piperidine rings is 1. The molecule has 8 nitrogen and oxygen atoms in total. The average Bonchev–Trinajstić information content (AvgIpc) is 2.97. The van der Waals surface area contributed by atoms with Crippen molar-refractivity contribution in [2.75, 3.05) is 50.9 Å². The summed E-state index contributed by atoms with van der Waals surface area (Å²) < 4.78 is 11.4. The van der Waals surface area contributed by atoms with E-state index >= 15 is 0 Å². The molecule has 192 valence electrons. The van der Waals surface area contributed by atoms with Crippen molar-refractivity contribution < 1.29 is 14.3 Å². The van der Waals surface area contributed by atoms with Gasteiger partial charge in [0.05, 0.1) is 19.8 Å². The van der Waals surface area contributed by atoms with Crippen LogP contribution in [-0.2, 0) is 16.0 Å². The zero-order valence-electron chi connectivity index (χ0n) is 21.3. The van der Waals surface area contributed by atoms with Crippen LogP contribution in [0.3, 0.4) is 0 Å². The molecule has 1 amide bonds. The first-order valence-electron chi connectivity index (χ1n) is 13.4. The van der Waals surface area contributed by atoms with Crippen molar-refractivity contribution >= 4 is 17.4 Å². The molecule has 0 saturated carbocycles. The number of carbonyl (C=O) groups excluding carboxylic acids is 1. The minimum atomic E-state index is 0.0936. The Morgan fingerprint density at radius 1 is 1.03 bits per heavy atom. The molecule has 2 aromatic heterocycles. The molecule has 0 radical (unpaired) electrons. The van der Waals surface area contributed by atoms with Gasteiger partial charge in [-0.1, -0.05) is 13.0 Å². The molecule has 0 spiro atoms. The van der Waals surface area contributed by atoms with E-state index in [2.05, 4.69) is 38.9 Å². The maximum absolute atomic E-state index is 12.8. The van der Waals surface area contributed by atoms with Crippen LogP contribution < -0.4 is 9.64 Å². The number of morpholine rings is 1. The van der Waals surface area contributed by atoms with Crippen molar-refractivity contribution in [3.8, 4) is 5.88 Å². The number of allylic oxidation sites excluding steroid dienone is 2. The van der Waals surface area contributed by atoms with E-state index in [0.29, 0.717) is 31.6 Å². The van der Waals surface area contributed by atoms with Gasteiger partial charge in [-0.25, -0.2) is 15.0 Å². The van der Waals surface area contributed by atoms with E-state index in [0.717, 1.165) is 76.2 Å². The highest BCUT2D eigenvalue weighted by Gasteiger charge is 2.27. The second-order valence-electron chi connectivity index (χ2n) is 10.0. The zero-order valence-corrected chi connectivity index (χ0v) is 21.3. The van der Waals surface area contributed by atoms with Crippen LogP contribution in [0.25, 0.3) is 5.57 Å². The summed E-state index contributed by atoms with van der Waals surface area (Å²) in [5.41, 5.74) is 3.58. The van der Waals surface area contributed by atoms with Gasteiger partial charge in [-0.15, -0.1) is 0 Å². The van der Waals surface area contributed by atoms with Crippen molar-refractivity contribution in [1.82, 2.24) is 19.9 Å². The number of amides is 1. The number of pyridine rings is 1. The Morgan fingerprint density at radius 3 is 2.44 bits per heavy atom. The number of ether oxygens (including phenoxy) is 2. The van der Waals surface area contributed by atoms with Gasteiger partial charge in [0.15, 0.2) is 0 Å². The van der Waals surface area contributed by atoms with Crippen LogP contribution in [0.15, 0.2) is 36.8 Å². The van der Waals surface area contributed by atoms with Gasteiger partial charge in [0.1, 0.15) is 0 Å². The molecule has 5 rings (SSSR count). The number of anilines is 1. The number of hydrogen-bond acceptors (Lipinski definition) is 7. The zero-order chi connectivity index (χ0) is 24.7. The molecular weight excluding hydrogens is 454 g/mol. The highest BCUT2D eigenvalue weighted by atomic mass is 16.5. The molecule has 0 N–H and O–H groups in total. The maximum Gasteiger partial charge on any atom is 0.226 e. The van der Waals surface area contributed by atoms with E-state index < -0.39 is 0 Å². The molecule has 3 aliphatic rings. The number of nitrogens with zero attached hydrogens (tertiary/aromatic N) is 5. The summed E-state index contributed by atoms with van der Waals surface area (Å²) in [5, 5.41) is 0. The SMILES string of the molecule is CCc1cnc(N2CCC(COc3ccc(C4=CCC(C(=O)N5CCOCC5)CC4)cn3)CC2)nc1. The first-order valence-corrected chi connectivity index (χ1v) is 13.4. The largest absolute Gasteiger partial charge is 0.477 e. The van der Waals surface area contributed by atoms with Crippen LogP contribution in [-0.4, -0.2) is 71.8 Å². The van der Waals surface area contributed by atoms with E-state index in [-0.39, 0.29) is 11.8 Å². The van der Waals surface area contributed by atoms with Crippen molar-refractivity contribution in [2.24, 2.45) is 11.8 Å². The van der Waals surface area contributed by atoms with Gasteiger partial charge >= 0.3 is 0 Å². The summed E-state index contributed by atoms with van der Waals surface area (Å²) in [6.45, 7) is 7.46. The topological polar surface area (TPSA) is 80.7 Å². The third kappa shape index (κ3) is 6.03. The highest BCUT2D eigenvalue weighted by Crippen LogP contribution is 2.32. The van der Waals surface area contributed by atoms with Gasteiger partial charge in [0, 0.05) is 56.8 Å². The lowest BCUT2D eigenvalue weighted by Gasteiger charge is -2.32. The summed E-state index contributed by atoms with van der Waals surface area (Å²) in [6, 6.07) is 4.07. The molecule has 1 atom stereocenters. The second kappa shape index (κ2) is 11.8. The van der Waals surface area contributed by atoms with Crippen LogP contribution in [0, 0.1) is 11.8 Å². The molecule has 2 aliphatic heterocycles. The molecule has 0 bridgehead atoms. The Morgan fingerprint density at radius 2 is 1.81 bits per heavy atom. The number of aromatic nitrogens is 3. The van der Waals surface area contributed by atoms with E-state index in [4.69, 9.17) is 9.47 Å². The summed E-state index contributed by atoms with van der Waals surface area (Å²) in [5.74, 6) is 2.40. The summed E-state index contributed by atoms with van der Waals surface area (Å²) >= 11 is 0. The quantitative estimate of drug-likeness (QED) is 0.583. The number of rotatable bonds is 7. The smallest absolute Gasteiger partial charge is 0.226 e. The molecule has 1 unspecified atom stereocenters. The van der Waals surface area contributed by atoms with Crippen LogP contribution in [0.2, 0.25) is 0 Å². The van der Waals surface area contributed by atoms with Crippen molar-refractivity contribution in [2.45, 2.75) is 45.4 Å². The molecule has 36 heavy (non-hydrogen) atoms. The van der Waals surface area contributed by atoms with Crippen molar-refractivity contribution in [3.63, 3.8) is 0 Å². The number of aryl methyl sites for hydroxylation is 1. The van der Waals surface area contributed by atoms with E-state index in [1.807, 2.05) is 29.6 Å². The normalized spacial score (nSPS) is 21.2. The summed E-state index contributed by atoms with van der Waals surface area (Å²) in [7, 11) is 0. The summed E-state index contributed by atoms with van der Waals surface area (Å²) in [6.07, 6.45) is 13.7. The lowest BCUT2D eigenvalue weighted by molar-refractivity contribution is -0.139. The monoisotopic (exact) mass is 491 g/mol. The Kier molecular flexibility index (Phi) is 8.11. The molecule has 2 fully saturated rings. The standard InChI is InChI=1S/C28H37N5O3/c1-2-21-17-30-28(31-18-21)33-11-9-22(10-12-33)20-36-26-8-7-25(19-29-26)23-3-5-24(6-4-23)27(34)32-13-15-35-16-14-32/h3,7-8,17-19,22,24H,2,4-6,9-16,20H2,1H3. The Hall–Kier alpha value is -3.00. The highest BCUT2D eigenvalue weighted by molar-refractivity contribution is 5.80. The van der Waals surface area contributed by atoms with Gasteiger partial charge in [-0.3, -0.25) is 4.79 Å². The fraction of sp³-hybridized carbons (Fsp3) is 0.571. The van der Waals surface area contributed by atoms with Gasteiger partial charge in [0.2, 0.25) is 17.7 Å². The van der Waals surface area contributed by atoms with Crippen molar-refractivity contribution in [3.05, 3.63) is 47.9 Å². The molecule has 8 heteroatoms.